The van der Waals surface area contributed by atoms with Gasteiger partial charge in [0.2, 0.25) is 0 Å². The predicted molar refractivity (Wildman–Crippen MR) is 79.6 cm³/mol. The molecule has 0 aliphatic rings. The number of aryl methyl sites for hydroxylation is 1. The van der Waals surface area contributed by atoms with Crippen LogP contribution >= 0.6 is 0 Å². The van der Waals surface area contributed by atoms with Gasteiger partial charge in [-0.15, -0.1) is 0 Å². The van der Waals surface area contributed by atoms with Crippen LogP contribution < -0.4 is 4.74 Å². The largest absolute Gasteiger partial charge is 0.508 e. The Hall–Kier alpha value is -2.16. The minimum Gasteiger partial charge on any atom is -0.508 e. The molecular formula is C17H20O3. The van der Waals surface area contributed by atoms with Crippen molar-refractivity contribution in [3.63, 3.8) is 0 Å². The molecular weight excluding hydrogens is 252 g/mol. The van der Waals surface area contributed by atoms with Crippen molar-refractivity contribution < 1.29 is 14.9 Å². The fraction of sp³-hybridized carbons (Fsp3) is 0.294. The average molecular weight is 272 g/mol. The van der Waals surface area contributed by atoms with E-state index in [9.17, 15) is 10.2 Å². The van der Waals surface area contributed by atoms with Gasteiger partial charge in [-0.25, -0.2) is 0 Å². The summed E-state index contributed by atoms with van der Waals surface area (Å²) in [6.45, 7) is 4.09. The number of methoxy groups -OCH3 is 1. The van der Waals surface area contributed by atoms with Crippen LogP contribution in [0.1, 0.15) is 36.0 Å². The molecule has 2 rings (SSSR count). The van der Waals surface area contributed by atoms with Gasteiger partial charge in [-0.05, 0) is 36.6 Å². The summed E-state index contributed by atoms with van der Waals surface area (Å²) in [4.78, 5) is 0. The van der Waals surface area contributed by atoms with E-state index >= 15 is 0 Å². The lowest BCUT2D eigenvalue weighted by atomic mass is 9.87. The SMILES string of the molecule is CCC(c1ccc(OC)c(C)c1)c1ccc(O)cc1O. The van der Waals surface area contributed by atoms with Crippen molar-refractivity contribution in [2.75, 3.05) is 7.11 Å². The topological polar surface area (TPSA) is 49.7 Å². The number of rotatable bonds is 4. The molecule has 0 saturated heterocycles. The number of ether oxygens (including phenoxy) is 1. The minimum absolute atomic E-state index is 0.0759. The van der Waals surface area contributed by atoms with Crippen molar-refractivity contribution in [1.29, 1.82) is 0 Å². The molecule has 2 aromatic carbocycles. The molecule has 3 heteroatoms. The standard InChI is InChI=1S/C17H20O3/c1-4-14(15-7-6-13(18)10-16(15)19)12-5-8-17(20-3)11(2)9-12/h5-10,14,18-19H,4H2,1-3H3. The van der Waals surface area contributed by atoms with Gasteiger partial charge in [0.05, 0.1) is 7.11 Å². The lowest BCUT2D eigenvalue weighted by Crippen LogP contribution is -2.01. The first-order valence-electron chi connectivity index (χ1n) is 6.73. The molecule has 1 unspecified atom stereocenters. The monoisotopic (exact) mass is 272 g/mol. The van der Waals surface area contributed by atoms with Crippen molar-refractivity contribution in [1.82, 2.24) is 0 Å². The van der Waals surface area contributed by atoms with Crippen LogP contribution in [0, 0.1) is 6.92 Å². The Bertz CT molecular complexity index is 605. The Kier molecular flexibility index (Phi) is 4.18. The van der Waals surface area contributed by atoms with E-state index < -0.39 is 0 Å². The van der Waals surface area contributed by atoms with E-state index in [0.29, 0.717) is 0 Å². The van der Waals surface area contributed by atoms with Gasteiger partial charge in [0.25, 0.3) is 0 Å². The summed E-state index contributed by atoms with van der Waals surface area (Å²) >= 11 is 0. The second kappa shape index (κ2) is 5.87. The summed E-state index contributed by atoms with van der Waals surface area (Å²) in [5.41, 5.74) is 3.03. The Morgan fingerprint density at radius 1 is 1.10 bits per heavy atom. The number of phenols is 2. The summed E-state index contributed by atoms with van der Waals surface area (Å²) in [5.74, 6) is 1.16. The van der Waals surface area contributed by atoms with Gasteiger partial charge in [0.15, 0.2) is 0 Å². The normalized spacial score (nSPS) is 12.2. The third-order valence-electron chi connectivity index (χ3n) is 3.62. The van der Waals surface area contributed by atoms with E-state index in [1.807, 2.05) is 19.1 Å². The highest BCUT2D eigenvalue weighted by molar-refractivity contribution is 5.47. The third-order valence-corrected chi connectivity index (χ3v) is 3.62. The molecule has 0 radical (unpaired) electrons. The highest BCUT2D eigenvalue weighted by atomic mass is 16.5. The maximum atomic E-state index is 10.0. The van der Waals surface area contributed by atoms with Crippen molar-refractivity contribution >= 4 is 0 Å². The second-order valence-corrected chi connectivity index (χ2v) is 4.93. The molecule has 0 fully saturated rings. The molecule has 0 aliphatic carbocycles. The Morgan fingerprint density at radius 2 is 1.85 bits per heavy atom. The fourth-order valence-electron chi connectivity index (χ4n) is 2.58. The Labute approximate surface area is 119 Å². The van der Waals surface area contributed by atoms with Gasteiger partial charge < -0.3 is 14.9 Å². The Morgan fingerprint density at radius 3 is 2.40 bits per heavy atom. The zero-order valence-electron chi connectivity index (χ0n) is 12.1. The molecule has 2 N–H and O–H groups in total. The lowest BCUT2D eigenvalue weighted by Gasteiger charge is -2.19. The predicted octanol–water partition coefficient (Wildman–Crippen LogP) is 3.96. The molecule has 0 heterocycles. The number of benzene rings is 2. The summed E-state index contributed by atoms with van der Waals surface area (Å²) < 4.78 is 5.28. The zero-order valence-corrected chi connectivity index (χ0v) is 12.1. The van der Waals surface area contributed by atoms with Crippen LogP contribution in [0.15, 0.2) is 36.4 Å². The number of aromatic hydroxyl groups is 2. The third kappa shape index (κ3) is 2.72. The van der Waals surface area contributed by atoms with Crippen LogP contribution in [0.25, 0.3) is 0 Å². The van der Waals surface area contributed by atoms with Crippen LogP contribution in [-0.2, 0) is 0 Å². The van der Waals surface area contributed by atoms with Gasteiger partial charge in [-0.1, -0.05) is 25.1 Å². The first-order chi connectivity index (χ1) is 9.56. The average Bonchev–Trinajstić information content (AvgIpc) is 2.42. The van der Waals surface area contributed by atoms with Gasteiger partial charge in [0.1, 0.15) is 17.2 Å². The first-order valence-corrected chi connectivity index (χ1v) is 6.73. The maximum Gasteiger partial charge on any atom is 0.123 e. The zero-order chi connectivity index (χ0) is 14.7. The smallest absolute Gasteiger partial charge is 0.123 e. The van der Waals surface area contributed by atoms with Gasteiger partial charge >= 0.3 is 0 Å². The van der Waals surface area contributed by atoms with E-state index in [1.165, 1.54) is 6.07 Å². The van der Waals surface area contributed by atoms with Gasteiger partial charge in [-0.3, -0.25) is 0 Å². The summed E-state index contributed by atoms with van der Waals surface area (Å²) in [6, 6.07) is 10.8. The van der Waals surface area contributed by atoms with E-state index in [4.69, 9.17) is 4.74 Å². The molecule has 3 nitrogen and oxygen atoms in total. The lowest BCUT2D eigenvalue weighted by molar-refractivity contribution is 0.411. The van der Waals surface area contributed by atoms with Crippen LogP contribution in [0.5, 0.6) is 17.2 Å². The van der Waals surface area contributed by atoms with E-state index in [-0.39, 0.29) is 17.4 Å². The van der Waals surface area contributed by atoms with Crippen molar-refractivity contribution in [2.45, 2.75) is 26.2 Å². The molecule has 0 amide bonds. The molecule has 20 heavy (non-hydrogen) atoms. The summed E-state index contributed by atoms with van der Waals surface area (Å²) in [7, 11) is 1.66. The van der Waals surface area contributed by atoms with Crippen LogP contribution in [0.3, 0.4) is 0 Å². The summed E-state index contributed by atoms with van der Waals surface area (Å²) in [5, 5.41) is 19.4. The maximum absolute atomic E-state index is 10.0. The molecule has 0 aliphatic heterocycles. The van der Waals surface area contributed by atoms with Crippen LogP contribution in [0.2, 0.25) is 0 Å². The molecule has 2 aromatic rings. The fourth-order valence-corrected chi connectivity index (χ4v) is 2.58. The number of phenolic OH excluding ortho intramolecular Hbond substituents is 2. The van der Waals surface area contributed by atoms with Crippen molar-refractivity contribution in [3.05, 3.63) is 53.1 Å². The molecule has 0 aromatic heterocycles. The van der Waals surface area contributed by atoms with E-state index in [1.54, 1.807) is 19.2 Å². The van der Waals surface area contributed by atoms with Crippen molar-refractivity contribution in [3.8, 4) is 17.2 Å². The Balaban J connectivity index is 2.44. The quantitative estimate of drug-likeness (QED) is 0.885. The molecule has 0 spiro atoms. The highest BCUT2D eigenvalue weighted by Gasteiger charge is 2.17. The number of hydrogen-bond donors (Lipinski definition) is 2. The second-order valence-electron chi connectivity index (χ2n) is 4.93. The van der Waals surface area contributed by atoms with Crippen LogP contribution in [0.4, 0.5) is 0 Å². The van der Waals surface area contributed by atoms with Gasteiger partial charge in [-0.2, -0.15) is 0 Å². The highest BCUT2D eigenvalue weighted by Crippen LogP contribution is 2.36. The molecule has 0 saturated carbocycles. The van der Waals surface area contributed by atoms with E-state index in [2.05, 4.69) is 13.0 Å². The minimum atomic E-state index is 0.0759. The van der Waals surface area contributed by atoms with Crippen molar-refractivity contribution in [2.24, 2.45) is 0 Å². The molecule has 1 atom stereocenters. The number of hydrogen-bond acceptors (Lipinski definition) is 3. The molecule has 0 bridgehead atoms. The van der Waals surface area contributed by atoms with Gasteiger partial charge in [0, 0.05) is 17.5 Å². The van der Waals surface area contributed by atoms with Crippen LogP contribution in [-0.4, -0.2) is 17.3 Å². The summed E-state index contributed by atoms with van der Waals surface area (Å²) in [6.07, 6.45) is 0.865. The van der Waals surface area contributed by atoms with E-state index in [0.717, 1.165) is 28.9 Å². The first kappa shape index (κ1) is 14.3. The molecule has 106 valence electrons.